The first kappa shape index (κ1) is 19.6. The number of halogens is 1. The number of nitrogens with zero attached hydrogens (tertiary/aromatic N) is 3. The van der Waals surface area contributed by atoms with Crippen molar-refractivity contribution in [1.82, 2.24) is 9.88 Å². The van der Waals surface area contributed by atoms with Crippen molar-refractivity contribution in [2.45, 2.75) is 18.7 Å². The molecule has 0 aliphatic carbocycles. The zero-order valence-electron chi connectivity index (χ0n) is 15.9. The maximum Gasteiger partial charge on any atom is 0.233 e. The number of carbonyl (C=O) groups excluding carboxylic acids is 1. The summed E-state index contributed by atoms with van der Waals surface area (Å²) in [5.74, 6) is 0.650. The minimum Gasteiger partial charge on any atom is -0.345 e. The number of hydrogen-bond acceptors (Lipinski definition) is 5. The van der Waals surface area contributed by atoms with Crippen LogP contribution in [0.1, 0.15) is 11.1 Å². The van der Waals surface area contributed by atoms with E-state index in [0.717, 1.165) is 41.7 Å². The van der Waals surface area contributed by atoms with Crippen LogP contribution < -0.4 is 4.90 Å². The van der Waals surface area contributed by atoms with Gasteiger partial charge in [0.15, 0.2) is 5.13 Å². The van der Waals surface area contributed by atoms with Gasteiger partial charge in [0, 0.05) is 36.1 Å². The fraction of sp³-hybridized carbons (Fsp3) is 0.333. The van der Waals surface area contributed by atoms with Crippen molar-refractivity contribution in [1.29, 1.82) is 0 Å². The van der Waals surface area contributed by atoms with Crippen molar-refractivity contribution in [3.63, 3.8) is 0 Å². The summed E-state index contributed by atoms with van der Waals surface area (Å²) in [4.78, 5) is 22.8. The summed E-state index contributed by atoms with van der Waals surface area (Å²) in [7, 11) is 0. The number of piperazine rings is 1. The van der Waals surface area contributed by atoms with Crippen LogP contribution in [0, 0.1) is 13.8 Å². The number of amides is 1. The number of aromatic nitrogens is 1. The molecule has 0 spiro atoms. The van der Waals surface area contributed by atoms with Crippen molar-refractivity contribution >= 4 is 56.0 Å². The van der Waals surface area contributed by atoms with Crippen molar-refractivity contribution in [3.8, 4) is 0 Å². The summed E-state index contributed by atoms with van der Waals surface area (Å²) in [6.45, 7) is 7.41. The molecule has 1 aliphatic rings. The maximum absolute atomic E-state index is 12.6. The van der Waals surface area contributed by atoms with Crippen LogP contribution in [0.3, 0.4) is 0 Å². The minimum absolute atomic E-state index is 0.190. The molecular formula is C21H22ClN3OS2. The summed E-state index contributed by atoms with van der Waals surface area (Å²) in [6, 6.07) is 11.9. The molecule has 0 unspecified atom stereocenters. The van der Waals surface area contributed by atoms with Crippen LogP contribution in [0.4, 0.5) is 5.13 Å². The molecule has 146 valence electrons. The quantitative estimate of drug-likeness (QED) is 0.544. The topological polar surface area (TPSA) is 36.4 Å². The van der Waals surface area contributed by atoms with Crippen LogP contribution in [0.2, 0.25) is 5.02 Å². The molecule has 1 aromatic heterocycles. The van der Waals surface area contributed by atoms with Gasteiger partial charge in [0.05, 0.1) is 16.0 Å². The molecule has 1 saturated heterocycles. The third-order valence-electron chi connectivity index (χ3n) is 5.15. The SMILES string of the molecule is Cc1ccc2sc(N3CCN(C(=O)CSc4ccc(Cl)cc4)CC3)nc2c1C. The van der Waals surface area contributed by atoms with E-state index in [4.69, 9.17) is 16.6 Å². The summed E-state index contributed by atoms with van der Waals surface area (Å²) in [5.41, 5.74) is 3.64. The van der Waals surface area contributed by atoms with E-state index in [0.29, 0.717) is 10.8 Å². The number of aryl methyl sites for hydroxylation is 2. The van der Waals surface area contributed by atoms with Gasteiger partial charge in [-0.15, -0.1) is 11.8 Å². The Labute approximate surface area is 178 Å². The highest BCUT2D eigenvalue weighted by Gasteiger charge is 2.23. The van der Waals surface area contributed by atoms with E-state index in [9.17, 15) is 4.79 Å². The molecule has 4 rings (SSSR count). The normalized spacial score (nSPS) is 14.7. The average molecular weight is 432 g/mol. The third-order valence-corrected chi connectivity index (χ3v) is 7.48. The zero-order chi connectivity index (χ0) is 19.7. The standard InChI is InChI=1S/C21H22ClN3OS2/c1-14-3-8-18-20(15(14)2)23-21(28-18)25-11-9-24(10-12-25)19(26)13-27-17-6-4-16(22)5-7-17/h3-8H,9-13H2,1-2H3. The molecule has 1 aliphatic heterocycles. The molecule has 0 radical (unpaired) electrons. The van der Waals surface area contributed by atoms with Gasteiger partial charge in [-0.25, -0.2) is 4.98 Å². The van der Waals surface area contributed by atoms with E-state index in [1.807, 2.05) is 29.2 Å². The largest absolute Gasteiger partial charge is 0.345 e. The highest BCUT2D eigenvalue weighted by molar-refractivity contribution is 8.00. The van der Waals surface area contributed by atoms with E-state index >= 15 is 0 Å². The van der Waals surface area contributed by atoms with E-state index in [2.05, 4.69) is 30.9 Å². The van der Waals surface area contributed by atoms with Gasteiger partial charge in [-0.2, -0.15) is 0 Å². The molecular weight excluding hydrogens is 410 g/mol. The van der Waals surface area contributed by atoms with E-state index < -0.39 is 0 Å². The van der Waals surface area contributed by atoms with Gasteiger partial charge in [0.2, 0.25) is 5.91 Å². The Hall–Kier alpha value is -1.76. The Morgan fingerprint density at radius 1 is 1.11 bits per heavy atom. The molecule has 28 heavy (non-hydrogen) atoms. The summed E-state index contributed by atoms with van der Waals surface area (Å²) in [6.07, 6.45) is 0. The minimum atomic E-state index is 0.190. The van der Waals surface area contributed by atoms with Crippen molar-refractivity contribution in [2.24, 2.45) is 0 Å². The summed E-state index contributed by atoms with van der Waals surface area (Å²) < 4.78 is 1.23. The Morgan fingerprint density at radius 3 is 2.54 bits per heavy atom. The Kier molecular flexibility index (Phi) is 5.80. The highest BCUT2D eigenvalue weighted by Crippen LogP contribution is 2.32. The van der Waals surface area contributed by atoms with Gasteiger partial charge in [-0.05, 0) is 55.3 Å². The molecule has 4 nitrogen and oxygen atoms in total. The van der Waals surface area contributed by atoms with Crippen molar-refractivity contribution in [2.75, 3.05) is 36.8 Å². The number of rotatable bonds is 4. The van der Waals surface area contributed by atoms with Crippen molar-refractivity contribution < 1.29 is 4.79 Å². The van der Waals surface area contributed by atoms with E-state index in [1.165, 1.54) is 15.8 Å². The maximum atomic E-state index is 12.6. The van der Waals surface area contributed by atoms with Crippen LogP contribution in [-0.4, -0.2) is 47.7 Å². The first-order valence-corrected chi connectivity index (χ1v) is 11.5. The molecule has 0 N–H and O–H groups in total. The number of fused-ring (bicyclic) bond motifs is 1. The second-order valence-electron chi connectivity index (χ2n) is 6.96. The fourth-order valence-electron chi connectivity index (χ4n) is 3.26. The number of benzene rings is 2. The van der Waals surface area contributed by atoms with E-state index in [1.54, 1.807) is 23.1 Å². The number of carbonyl (C=O) groups is 1. The van der Waals surface area contributed by atoms with E-state index in [-0.39, 0.29) is 5.91 Å². The van der Waals surface area contributed by atoms with Crippen LogP contribution in [-0.2, 0) is 4.79 Å². The molecule has 2 aromatic carbocycles. The third kappa shape index (κ3) is 4.14. The van der Waals surface area contributed by atoms with Gasteiger partial charge in [0.25, 0.3) is 0 Å². The molecule has 1 fully saturated rings. The van der Waals surface area contributed by atoms with Crippen LogP contribution in [0.5, 0.6) is 0 Å². The zero-order valence-corrected chi connectivity index (χ0v) is 18.3. The monoisotopic (exact) mass is 431 g/mol. The molecule has 3 aromatic rings. The van der Waals surface area contributed by atoms with Gasteiger partial charge in [-0.1, -0.05) is 29.0 Å². The van der Waals surface area contributed by atoms with Crippen LogP contribution in [0.25, 0.3) is 10.2 Å². The lowest BCUT2D eigenvalue weighted by molar-refractivity contribution is -0.128. The predicted molar refractivity (Wildman–Crippen MR) is 120 cm³/mol. The summed E-state index contributed by atoms with van der Waals surface area (Å²) >= 11 is 9.21. The first-order chi connectivity index (χ1) is 13.5. The van der Waals surface area contributed by atoms with Gasteiger partial charge in [-0.3, -0.25) is 4.79 Å². The number of thioether (sulfide) groups is 1. The van der Waals surface area contributed by atoms with Crippen molar-refractivity contribution in [3.05, 3.63) is 52.5 Å². The molecule has 7 heteroatoms. The smallest absolute Gasteiger partial charge is 0.233 e. The lowest BCUT2D eigenvalue weighted by Crippen LogP contribution is -2.49. The predicted octanol–water partition coefficient (Wildman–Crippen LogP) is 5.01. The summed E-state index contributed by atoms with van der Waals surface area (Å²) in [5, 5.41) is 1.78. The van der Waals surface area contributed by atoms with Gasteiger partial charge < -0.3 is 9.80 Å². The number of hydrogen-bond donors (Lipinski definition) is 0. The average Bonchev–Trinajstić information content (AvgIpc) is 3.15. The molecule has 1 amide bonds. The van der Waals surface area contributed by atoms with Gasteiger partial charge in [0.1, 0.15) is 0 Å². The molecule has 0 saturated carbocycles. The lowest BCUT2D eigenvalue weighted by Gasteiger charge is -2.34. The second kappa shape index (κ2) is 8.31. The number of thiazole rings is 1. The molecule has 0 atom stereocenters. The first-order valence-electron chi connectivity index (χ1n) is 9.29. The Morgan fingerprint density at radius 2 is 1.82 bits per heavy atom. The Bertz CT molecular complexity index is 995. The second-order valence-corrected chi connectivity index (χ2v) is 9.46. The van der Waals surface area contributed by atoms with Crippen LogP contribution in [0.15, 0.2) is 41.3 Å². The fourth-order valence-corrected chi connectivity index (χ4v) is 5.27. The molecule has 0 bridgehead atoms. The highest BCUT2D eigenvalue weighted by atomic mass is 35.5. The number of anilines is 1. The lowest BCUT2D eigenvalue weighted by atomic mass is 10.1. The van der Waals surface area contributed by atoms with Gasteiger partial charge >= 0.3 is 0 Å². The van der Waals surface area contributed by atoms with Crippen LogP contribution >= 0.6 is 34.7 Å². The molecule has 2 heterocycles. The Balaban J connectivity index is 1.34.